The second-order valence-corrected chi connectivity index (χ2v) is 13.5. The highest BCUT2D eigenvalue weighted by Gasteiger charge is 2.24. The van der Waals surface area contributed by atoms with Gasteiger partial charge in [0.25, 0.3) is 0 Å². The molecule has 0 amide bonds. The van der Waals surface area contributed by atoms with Crippen LogP contribution >= 0.6 is 0 Å². The van der Waals surface area contributed by atoms with Gasteiger partial charge in [-0.2, -0.15) is 0 Å². The molecule has 1 aromatic carbocycles. The van der Waals surface area contributed by atoms with E-state index in [1.165, 1.54) is 127 Å². The summed E-state index contributed by atoms with van der Waals surface area (Å²) in [6.07, 6.45) is 26.8. The topological polar surface area (TPSA) is 47.9 Å². The standard InChI is InChI=1S/C36H60O4/c1-27(38-31-16-10-4-5-11-17-31)24-30-22-23-36(37)35(26-29(3)40-33-20-14-8-9-15-21-33)34(30)25-28(2)39-32-18-12-6-7-13-19-32/h22-23,27-29,31-33,37H,4-21,24-26H2,1-3H3. The average Bonchev–Trinajstić information content (AvgIpc) is 3.44. The van der Waals surface area contributed by atoms with Gasteiger partial charge in [0, 0.05) is 6.42 Å². The van der Waals surface area contributed by atoms with E-state index in [4.69, 9.17) is 14.2 Å². The number of hydrogen-bond acceptors (Lipinski definition) is 4. The molecule has 40 heavy (non-hydrogen) atoms. The number of hydrogen-bond donors (Lipinski definition) is 1. The first-order valence-corrected chi connectivity index (χ1v) is 17.3. The fourth-order valence-electron chi connectivity index (χ4n) is 7.55. The van der Waals surface area contributed by atoms with E-state index in [0.717, 1.165) is 24.8 Å². The Bertz CT molecular complexity index is 829. The quantitative estimate of drug-likeness (QED) is 0.261. The molecule has 3 aliphatic rings. The van der Waals surface area contributed by atoms with E-state index in [1.807, 2.05) is 6.07 Å². The number of benzene rings is 1. The van der Waals surface area contributed by atoms with E-state index in [9.17, 15) is 5.11 Å². The van der Waals surface area contributed by atoms with Crippen molar-refractivity contribution in [2.75, 3.05) is 0 Å². The van der Waals surface area contributed by atoms with Gasteiger partial charge in [-0.3, -0.25) is 0 Å². The summed E-state index contributed by atoms with van der Waals surface area (Å²) in [6.45, 7) is 6.67. The van der Waals surface area contributed by atoms with Crippen molar-refractivity contribution < 1.29 is 19.3 Å². The summed E-state index contributed by atoms with van der Waals surface area (Å²) in [5, 5.41) is 11.2. The van der Waals surface area contributed by atoms with Gasteiger partial charge in [0.1, 0.15) is 5.75 Å². The lowest BCUT2D eigenvalue weighted by Crippen LogP contribution is -2.26. The molecule has 3 unspecified atom stereocenters. The monoisotopic (exact) mass is 556 g/mol. The average molecular weight is 557 g/mol. The number of phenolic OH excluding ortho intramolecular Hbond substituents is 1. The van der Waals surface area contributed by atoms with Crippen LogP contribution in [0.5, 0.6) is 5.75 Å². The van der Waals surface area contributed by atoms with Crippen LogP contribution in [0.4, 0.5) is 0 Å². The number of ether oxygens (including phenoxy) is 3. The molecule has 0 heterocycles. The highest BCUT2D eigenvalue weighted by Crippen LogP contribution is 2.32. The molecule has 0 saturated heterocycles. The molecular weight excluding hydrogens is 496 g/mol. The molecule has 3 aliphatic carbocycles. The molecule has 1 N–H and O–H groups in total. The second-order valence-electron chi connectivity index (χ2n) is 13.5. The molecule has 0 radical (unpaired) electrons. The maximum atomic E-state index is 11.2. The van der Waals surface area contributed by atoms with Crippen molar-refractivity contribution >= 4 is 0 Å². The van der Waals surface area contributed by atoms with Crippen molar-refractivity contribution in [2.45, 2.75) is 192 Å². The van der Waals surface area contributed by atoms with Crippen LogP contribution in [0, 0.1) is 0 Å². The first-order chi connectivity index (χ1) is 19.5. The van der Waals surface area contributed by atoms with E-state index < -0.39 is 0 Å². The number of rotatable bonds is 12. The van der Waals surface area contributed by atoms with Crippen LogP contribution in [0.2, 0.25) is 0 Å². The van der Waals surface area contributed by atoms with Gasteiger partial charge in [0.2, 0.25) is 0 Å². The molecule has 0 spiro atoms. The minimum atomic E-state index is 0.0840. The molecule has 3 fully saturated rings. The van der Waals surface area contributed by atoms with Crippen molar-refractivity contribution in [2.24, 2.45) is 0 Å². The van der Waals surface area contributed by atoms with Crippen LogP contribution in [0.1, 0.15) is 153 Å². The van der Waals surface area contributed by atoms with E-state index >= 15 is 0 Å². The van der Waals surface area contributed by atoms with Crippen LogP contribution in [-0.2, 0) is 33.5 Å². The van der Waals surface area contributed by atoms with E-state index in [2.05, 4.69) is 26.8 Å². The molecule has 1 aromatic rings. The molecular formula is C36H60O4. The third-order valence-corrected chi connectivity index (χ3v) is 9.67. The zero-order valence-electron chi connectivity index (χ0n) is 26.1. The second kappa shape index (κ2) is 17.1. The molecule has 3 atom stereocenters. The summed E-state index contributed by atoms with van der Waals surface area (Å²) in [5.41, 5.74) is 3.65. The third-order valence-electron chi connectivity index (χ3n) is 9.67. The maximum absolute atomic E-state index is 11.2. The zero-order valence-corrected chi connectivity index (χ0v) is 26.1. The van der Waals surface area contributed by atoms with Crippen LogP contribution < -0.4 is 0 Å². The van der Waals surface area contributed by atoms with Gasteiger partial charge < -0.3 is 19.3 Å². The predicted molar refractivity (Wildman–Crippen MR) is 165 cm³/mol. The fraction of sp³-hybridized carbons (Fsp3) is 0.833. The molecule has 228 valence electrons. The van der Waals surface area contributed by atoms with Gasteiger partial charge in [-0.05, 0) is 94.9 Å². The SMILES string of the molecule is CC(Cc1ccc(O)c(CC(C)OC2CCCCCC2)c1CC(C)OC1CCCCCC1)OC1CCCCCC1. The lowest BCUT2D eigenvalue weighted by molar-refractivity contribution is -0.0135. The molecule has 4 nitrogen and oxygen atoms in total. The predicted octanol–water partition coefficient (Wildman–Crippen LogP) is 9.40. The molecule has 3 saturated carbocycles. The minimum absolute atomic E-state index is 0.0840. The Balaban J connectivity index is 1.48. The Labute approximate surface area is 245 Å². The van der Waals surface area contributed by atoms with E-state index in [-0.39, 0.29) is 18.3 Å². The summed E-state index contributed by atoms with van der Waals surface area (Å²) >= 11 is 0. The maximum Gasteiger partial charge on any atom is 0.119 e. The van der Waals surface area contributed by atoms with Crippen molar-refractivity contribution in [1.29, 1.82) is 0 Å². The highest BCUT2D eigenvalue weighted by atomic mass is 16.5. The van der Waals surface area contributed by atoms with Crippen LogP contribution in [-0.4, -0.2) is 41.7 Å². The lowest BCUT2D eigenvalue weighted by atomic mass is 9.89. The first-order valence-electron chi connectivity index (χ1n) is 17.3. The molecule has 4 rings (SSSR count). The summed E-state index contributed by atoms with van der Waals surface area (Å²) in [6, 6.07) is 4.07. The van der Waals surface area contributed by atoms with Gasteiger partial charge in [0.15, 0.2) is 0 Å². The molecule has 0 bridgehead atoms. The Morgan fingerprint density at radius 3 is 1.27 bits per heavy atom. The first kappa shape index (κ1) is 31.8. The fourth-order valence-corrected chi connectivity index (χ4v) is 7.55. The van der Waals surface area contributed by atoms with Crippen LogP contribution in [0.25, 0.3) is 0 Å². The van der Waals surface area contributed by atoms with Crippen molar-refractivity contribution in [3.63, 3.8) is 0 Å². The molecule has 4 heteroatoms. The smallest absolute Gasteiger partial charge is 0.119 e. The third kappa shape index (κ3) is 10.6. The van der Waals surface area contributed by atoms with Crippen molar-refractivity contribution in [3.05, 3.63) is 28.8 Å². The summed E-state index contributed by atoms with van der Waals surface area (Å²) < 4.78 is 19.9. The Morgan fingerprint density at radius 1 is 0.525 bits per heavy atom. The normalized spacial score (nSPS) is 23.2. The van der Waals surface area contributed by atoms with Gasteiger partial charge >= 0.3 is 0 Å². The molecule has 0 aromatic heterocycles. The van der Waals surface area contributed by atoms with E-state index in [1.54, 1.807) is 0 Å². The Morgan fingerprint density at radius 2 is 0.875 bits per heavy atom. The lowest BCUT2D eigenvalue weighted by Gasteiger charge is -2.27. The van der Waals surface area contributed by atoms with Crippen LogP contribution in [0.3, 0.4) is 0 Å². The van der Waals surface area contributed by atoms with Gasteiger partial charge in [-0.1, -0.05) is 83.1 Å². The largest absolute Gasteiger partial charge is 0.508 e. The van der Waals surface area contributed by atoms with Gasteiger partial charge in [-0.25, -0.2) is 0 Å². The molecule has 0 aliphatic heterocycles. The van der Waals surface area contributed by atoms with Gasteiger partial charge in [0.05, 0.1) is 36.6 Å². The van der Waals surface area contributed by atoms with Crippen molar-refractivity contribution in [1.82, 2.24) is 0 Å². The zero-order chi connectivity index (χ0) is 28.2. The Hall–Kier alpha value is -1.10. The summed E-state index contributed by atoms with van der Waals surface area (Å²) in [5.74, 6) is 0.411. The van der Waals surface area contributed by atoms with Crippen LogP contribution in [0.15, 0.2) is 12.1 Å². The number of aromatic hydroxyl groups is 1. The number of phenols is 1. The van der Waals surface area contributed by atoms with Gasteiger partial charge in [-0.15, -0.1) is 0 Å². The summed E-state index contributed by atoms with van der Waals surface area (Å²) in [4.78, 5) is 0. The minimum Gasteiger partial charge on any atom is -0.508 e. The highest BCUT2D eigenvalue weighted by molar-refractivity contribution is 5.45. The Kier molecular flexibility index (Phi) is 13.6. The van der Waals surface area contributed by atoms with E-state index in [0.29, 0.717) is 24.1 Å². The van der Waals surface area contributed by atoms with Crippen molar-refractivity contribution in [3.8, 4) is 5.75 Å². The summed E-state index contributed by atoms with van der Waals surface area (Å²) in [7, 11) is 0.